The molecule has 0 aliphatic carbocycles. The third-order valence-corrected chi connectivity index (χ3v) is 1.24. The summed E-state index contributed by atoms with van der Waals surface area (Å²) >= 11 is 0. The lowest BCUT2D eigenvalue weighted by molar-refractivity contribution is 0.158. The van der Waals surface area contributed by atoms with Gasteiger partial charge in [-0.1, -0.05) is 19.0 Å². The van der Waals surface area contributed by atoms with Crippen LogP contribution in [-0.2, 0) is 4.84 Å². The Morgan fingerprint density at radius 2 is 2.27 bits per heavy atom. The quantitative estimate of drug-likeness (QED) is 0.616. The van der Waals surface area contributed by atoms with Gasteiger partial charge in [-0.05, 0) is 6.92 Å². The smallest absolute Gasteiger partial charge is 0.114 e. The van der Waals surface area contributed by atoms with E-state index in [4.69, 9.17) is 4.84 Å². The maximum atomic E-state index is 4.87. The van der Waals surface area contributed by atoms with Gasteiger partial charge < -0.3 is 10.2 Å². The Bertz CT molecular complexity index is 105. The zero-order valence-electron chi connectivity index (χ0n) is 7.68. The zero-order chi connectivity index (χ0) is 8.53. The van der Waals surface area contributed by atoms with E-state index >= 15 is 0 Å². The van der Waals surface area contributed by atoms with Gasteiger partial charge in [0.25, 0.3) is 0 Å². The lowest BCUT2D eigenvalue weighted by Gasteiger charge is -1.93. The van der Waals surface area contributed by atoms with Crippen molar-refractivity contribution in [2.45, 2.75) is 27.2 Å². The molecule has 0 atom stereocenters. The lowest BCUT2D eigenvalue weighted by Crippen LogP contribution is -2.08. The molecule has 11 heavy (non-hydrogen) atoms. The minimum Gasteiger partial charge on any atom is -0.396 e. The molecule has 1 fully saturated rings. The van der Waals surface area contributed by atoms with Crippen LogP contribution in [0.3, 0.4) is 0 Å². The molecular formula is C8H18N2O. The van der Waals surface area contributed by atoms with Crippen LogP contribution < -0.4 is 5.32 Å². The summed E-state index contributed by atoms with van der Waals surface area (Å²) in [6, 6.07) is 0. The average molecular weight is 158 g/mol. The Hall–Kier alpha value is -0.570. The minimum absolute atomic E-state index is 0.670. The molecule has 0 aromatic rings. The van der Waals surface area contributed by atoms with Crippen LogP contribution in [0, 0.1) is 0 Å². The molecule has 1 heterocycles. The van der Waals surface area contributed by atoms with Gasteiger partial charge in [0.15, 0.2) is 0 Å². The molecule has 0 aromatic carbocycles. The summed E-state index contributed by atoms with van der Waals surface area (Å²) in [7, 11) is 0. The molecule has 66 valence electrons. The fraction of sp³-hybridized carbons (Fsp3) is 0.875. The van der Waals surface area contributed by atoms with Gasteiger partial charge in [-0.25, -0.2) is 0 Å². The van der Waals surface area contributed by atoms with Crippen molar-refractivity contribution in [2.24, 2.45) is 5.16 Å². The van der Waals surface area contributed by atoms with Crippen LogP contribution >= 0.6 is 0 Å². The minimum atomic E-state index is 0.670. The van der Waals surface area contributed by atoms with E-state index in [9.17, 15) is 0 Å². The number of nitrogens with one attached hydrogen (secondary N) is 1. The van der Waals surface area contributed by atoms with Crippen LogP contribution in [0.25, 0.3) is 0 Å². The first-order valence-corrected chi connectivity index (χ1v) is 4.32. The fourth-order valence-electron chi connectivity index (χ4n) is 0.788. The van der Waals surface area contributed by atoms with Crippen molar-refractivity contribution in [1.82, 2.24) is 5.32 Å². The van der Waals surface area contributed by atoms with Gasteiger partial charge in [0.05, 0.1) is 5.71 Å². The second-order valence-electron chi connectivity index (χ2n) is 2.00. The van der Waals surface area contributed by atoms with Crippen molar-refractivity contribution in [3.63, 3.8) is 0 Å². The van der Waals surface area contributed by atoms with E-state index in [0.29, 0.717) is 6.61 Å². The summed E-state index contributed by atoms with van der Waals surface area (Å²) in [6.45, 7) is 8.56. The van der Waals surface area contributed by atoms with Crippen molar-refractivity contribution in [3.05, 3.63) is 0 Å². The van der Waals surface area contributed by atoms with Crippen LogP contribution in [-0.4, -0.2) is 25.4 Å². The molecule has 1 aliphatic heterocycles. The first kappa shape index (κ1) is 10.4. The van der Waals surface area contributed by atoms with E-state index in [1.807, 2.05) is 20.8 Å². The van der Waals surface area contributed by atoms with Crippen molar-refractivity contribution >= 4 is 5.71 Å². The van der Waals surface area contributed by atoms with Gasteiger partial charge in [-0.15, -0.1) is 0 Å². The van der Waals surface area contributed by atoms with E-state index in [0.717, 1.165) is 25.2 Å². The number of rotatable bonds is 2. The largest absolute Gasteiger partial charge is 0.396 e. The molecule has 3 nitrogen and oxygen atoms in total. The monoisotopic (exact) mass is 158 g/mol. The molecule has 1 rings (SSSR count). The van der Waals surface area contributed by atoms with E-state index in [-0.39, 0.29) is 0 Å². The Morgan fingerprint density at radius 3 is 2.73 bits per heavy atom. The zero-order valence-corrected chi connectivity index (χ0v) is 7.68. The van der Waals surface area contributed by atoms with Crippen LogP contribution in [0.1, 0.15) is 27.2 Å². The van der Waals surface area contributed by atoms with Crippen molar-refractivity contribution in [1.29, 1.82) is 0 Å². The number of oxime groups is 1. The van der Waals surface area contributed by atoms with Crippen LogP contribution in [0.15, 0.2) is 5.16 Å². The summed E-state index contributed by atoms with van der Waals surface area (Å²) in [5.74, 6) is 0. The standard InChI is InChI=1S/C6H12N2O.C2H6/c1-2-9-8-6-3-4-7-5-6;1-2/h7H,2-5H2,1H3;1-2H3/b8-6-;. The second-order valence-corrected chi connectivity index (χ2v) is 2.00. The lowest BCUT2D eigenvalue weighted by atomic mass is 10.3. The normalized spacial score (nSPS) is 19.4. The number of nitrogens with zero attached hydrogens (tertiary/aromatic N) is 1. The van der Waals surface area contributed by atoms with E-state index in [1.165, 1.54) is 0 Å². The Kier molecular flexibility index (Phi) is 7.15. The average Bonchev–Trinajstić information content (AvgIpc) is 2.57. The molecule has 0 spiro atoms. The van der Waals surface area contributed by atoms with Gasteiger partial charge in [0, 0.05) is 19.5 Å². The van der Waals surface area contributed by atoms with Crippen molar-refractivity contribution < 1.29 is 4.84 Å². The highest BCUT2D eigenvalue weighted by Crippen LogP contribution is 1.92. The van der Waals surface area contributed by atoms with Gasteiger partial charge in [-0.3, -0.25) is 0 Å². The summed E-state index contributed by atoms with van der Waals surface area (Å²) < 4.78 is 0. The topological polar surface area (TPSA) is 33.6 Å². The van der Waals surface area contributed by atoms with E-state index in [1.54, 1.807) is 0 Å². The molecular weight excluding hydrogens is 140 g/mol. The van der Waals surface area contributed by atoms with Crippen LogP contribution in [0.4, 0.5) is 0 Å². The third kappa shape index (κ3) is 4.79. The number of hydrogen-bond acceptors (Lipinski definition) is 3. The highest BCUT2D eigenvalue weighted by atomic mass is 16.6. The Balaban J connectivity index is 0.000000461. The number of hydrogen-bond donors (Lipinski definition) is 1. The molecule has 1 N–H and O–H groups in total. The molecule has 0 amide bonds. The van der Waals surface area contributed by atoms with Crippen molar-refractivity contribution in [3.8, 4) is 0 Å². The van der Waals surface area contributed by atoms with Gasteiger partial charge in [0.1, 0.15) is 6.61 Å². The third-order valence-electron chi connectivity index (χ3n) is 1.24. The van der Waals surface area contributed by atoms with Gasteiger partial charge in [0.2, 0.25) is 0 Å². The molecule has 1 saturated heterocycles. The molecule has 0 aromatic heterocycles. The highest BCUT2D eigenvalue weighted by molar-refractivity contribution is 5.87. The van der Waals surface area contributed by atoms with Gasteiger partial charge in [-0.2, -0.15) is 0 Å². The molecule has 3 heteroatoms. The first-order valence-electron chi connectivity index (χ1n) is 4.32. The Labute approximate surface area is 68.8 Å². The fourth-order valence-corrected chi connectivity index (χ4v) is 0.788. The molecule has 0 unspecified atom stereocenters. The maximum absolute atomic E-state index is 4.87. The highest BCUT2D eigenvalue weighted by Gasteiger charge is 2.06. The summed E-state index contributed by atoms with van der Waals surface area (Å²) in [4.78, 5) is 4.87. The SMILES string of the molecule is CC.CCO/N=C1/CCNC1. The predicted octanol–water partition coefficient (Wildman–Crippen LogP) is 1.40. The van der Waals surface area contributed by atoms with Crippen LogP contribution in [0.5, 0.6) is 0 Å². The predicted molar refractivity (Wildman–Crippen MR) is 47.9 cm³/mol. The van der Waals surface area contributed by atoms with E-state index < -0.39 is 0 Å². The van der Waals surface area contributed by atoms with Crippen LogP contribution in [0.2, 0.25) is 0 Å². The summed E-state index contributed by atoms with van der Waals surface area (Å²) in [6.07, 6.45) is 1.04. The second kappa shape index (κ2) is 7.54. The molecule has 0 bridgehead atoms. The summed E-state index contributed by atoms with van der Waals surface area (Å²) in [5.41, 5.74) is 1.14. The van der Waals surface area contributed by atoms with Gasteiger partial charge >= 0.3 is 0 Å². The maximum Gasteiger partial charge on any atom is 0.114 e. The van der Waals surface area contributed by atoms with Crippen molar-refractivity contribution in [2.75, 3.05) is 19.7 Å². The molecule has 0 radical (unpaired) electrons. The Morgan fingerprint density at radius 1 is 1.55 bits per heavy atom. The van der Waals surface area contributed by atoms with E-state index in [2.05, 4.69) is 10.5 Å². The molecule has 1 aliphatic rings. The first-order chi connectivity index (χ1) is 5.43. The summed E-state index contributed by atoms with van der Waals surface area (Å²) in [5, 5.41) is 7.07. The molecule has 0 saturated carbocycles.